The summed E-state index contributed by atoms with van der Waals surface area (Å²) in [6, 6.07) is 15.8. The third-order valence-electron chi connectivity index (χ3n) is 3.43. The zero-order valence-corrected chi connectivity index (χ0v) is 13.2. The van der Waals surface area contributed by atoms with Gasteiger partial charge in [0, 0.05) is 12.6 Å². The van der Waals surface area contributed by atoms with E-state index in [-0.39, 0.29) is 0 Å². The van der Waals surface area contributed by atoms with Crippen molar-refractivity contribution in [3.05, 3.63) is 53.5 Å². The average Bonchev–Trinajstić information content (AvgIpc) is 3.19. The molecule has 114 valence electrons. The van der Waals surface area contributed by atoms with Crippen LogP contribution in [0.4, 0.5) is 0 Å². The predicted molar refractivity (Wildman–Crippen MR) is 88.2 cm³/mol. The molecule has 0 fully saturated rings. The van der Waals surface area contributed by atoms with Crippen LogP contribution in [0.5, 0.6) is 5.75 Å². The Morgan fingerprint density at radius 1 is 1.09 bits per heavy atom. The quantitative estimate of drug-likeness (QED) is 0.577. The molecule has 0 N–H and O–H groups in total. The third-order valence-corrected chi connectivity index (χ3v) is 4.44. The first kappa shape index (κ1) is 13.8. The summed E-state index contributed by atoms with van der Waals surface area (Å²) in [4.78, 5) is 4.56. The Kier molecular flexibility index (Phi) is 3.47. The highest BCUT2D eigenvalue weighted by atomic mass is 32.1. The summed E-state index contributed by atoms with van der Waals surface area (Å²) in [5.41, 5.74) is 1.96. The van der Waals surface area contributed by atoms with E-state index in [1.165, 1.54) is 4.70 Å². The van der Waals surface area contributed by atoms with Crippen LogP contribution in [0, 0.1) is 0 Å². The van der Waals surface area contributed by atoms with Crippen molar-refractivity contribution in [2.24, 2.45) is 7.05 Å². The second kappa shape index (κ2) is 5.77. The van der Waals surface area contributed by atoms with Gasteiger partial charge in [0.1, 0.15) is 17.4 Å². The molecule has 0 amide bonds. The van der Waals surface area contributed by atoms with Crippen LogP contribution < -0.4 is 4.74 Å². The highest BCUT2D eigenvalue weighted by molar-refractivity contribution is 7.18. The Labute approximate surface area is 136 Å². The maximum Gasteiger partial charge on any atom is 0.181 e. The van der Waals surface area contributed by atoms with Crippen LogP contribution in [0.3, 0.4) is 0 Å². The Bertz CT molecular complexity index is 911. The van der Waals surface area contributed by atoms with Crippen LogP contribution in [0.1, 0.15) is 5.01 Å². The normalized spacial score (nSPS) is 11.0. The Morgan fingerprint density at radius 3 is 2.65 bits per heavy atom. The van der Waals surface area contributed by atoms with Gasteiger partial charge in [-0.3, -0.25) is 0 Å². The molecule has 4 rings (SSSR count). The van der Waals surface area contributed by atoms with Gasteiger partial charge in [-0.2, -0.15) is 0 Å². The molecule has 0 radical (unpaired) electrons. The molecule has 7 heteroatoms. The molecule has 0 saturated carbocycles. The molecule has 0 aliphatic heterocycles. The predicted octanol–water partition coefficient (Wildman–Crippen LogP) is 3.07. The monoisotopic (exact) mass is 323 g/mol. The largest absolute Gasteiger partial charge is 0.486 e. The van der Waals surface area contributed by atoms with E-state index in [0.717, 1.165) is 27.7 Å². The highest BCUT2D eigenvalue weighted by Gasteiger charge is 2.07. The number of benzene rings is 2. The van der Waals surface area contributed by atoms with Gasteiger partial charge in [-0.05, 0) is 46.8 Å². The zero-order chi connectivity index (χ0) is 15.6. The minimum Gasteiger partial charge on any atom is -0.486 e. The molecule has 0 saturated heterocycles. The van der Waals surface area contributed by atoms with Crippen molar-refractivity contribution in [2.75, 3.05) is 0 Å². The van der Waals surface area contributed by atoms with Crippen molar-refractivity contribution in [1.82, 2.24) is 25.2 Å². The molecule has 2 aromatic carbocycles. The smallest absolute Gasteiger partial charge is 0.181 e. The zero-order valence-electron chi connectivity index (χ0n) is 12.4. The summed E-state index contributed by atoms with van der Waals surface area (Å²) in [6.45, 7) is 0.463. The number of tetrazole rings is 1. The lowest BCUT2D eigenvalue weighted by Gasteiger charge is -2.05. The maximum atomic E-state index is 5.81. The van der Waals surface area contributed by atoms with Gasteiger partial charge in [-0.15, -0.1) is 16.4 Å². The van der Waals surface area contributed by atoms with E-state index >= 15 is 0 Å². The molecule has 2 heterocycles. The van der Waals surface area contributed by atoms with Crippen LogP contribution in [-0.4, -0.2) is 25.2 Å². The van der Waals surface area contributed by atoms with Gasteiger partial charge in [-0.1, -0.05) is 12.1 Å². The number of hydrogen-bond acceptors (Lipinski definition) is 6. The molecule has 4 aromatic rings. The highest BCUT2D eigenvalue weighted by Crippen LogP contribution is 2.24. The number of aryl methyl sites for hydroxylation is 1. The summed E-state index contributed by atoms with van der Waals surface area (Å²) in [7, 11) is 1.81. The Morgan fingerprint density at radius 2 is 1.91 bits per heavy atom. The number of fused-ring (bicyclic) bond motifs is 1. The molecule has 23 heavy (non-hydrogen) atoms. The second-order valence-corrected chi connectivity index (χ2v) is 6.13. The number of ether oxygens (including phenoxy) is 1. The van der Waals surface area contributed by atoms with Crippen molar-refractivity contribution >= 4 is 21.6 Å². The van der Waals surface area contributed by atoms with E-state index in [2.05, 4.69) is 26.6 Å². The molecule has 0 aliphatic rings. The molecular formula is C16H13N5OS. The summed E-state index contributed by atoms with van der Waals surface area (Å²) in [6.07, 6.45) is 0. The lowest BCUT2D eigenvalue weighted by molar-refractivity contribution is 0.306. The number of aromatic nitrogens is 5. The van der Waals surface area contributed by atoms with E-state index in [4.69, 9.17) is 4.74 Å². The van der Waals surface area contributed by atoms with Crippen molar-refractivity contribution in [3.8, 4) is 17.1 Å². The fraction of sp³-hybridized carbons (Fsp3) is 0.125. The first-order valence-corrected chi connectivity index (χ1v) is 7.91. The first-order chi connectivity index (χ1) is 11.3. The van der Waals surface area contributed by atoms with Crippen molar-refractivity contribution < 1.29 is 4.74 Å². The molecular weight excluding hydrogens is 310 g/mol. The van der Waals surface area contributed by atoms with E-state index in [1.807, 2.05) is 49.5 Å². The molecule has 6 nitrogen and oxygen atoms in total. The van der Waals surface area contributed by atoms with Gasteiger partial charge in [0.15, 0.2) is 5.82 Å². The maximum absolute atomic E-state index is 5.81. The van der Waals surface area contributed by atoms with E-state index in [1.54, 1.807) is 16.0 Å². The van der Waals surface area contributed by atoms with E-state index in [0.29, 0.717) is 6.61 Å². The lowest BCUT2D eigenvalue weighted by Crippen LogP contribution is -1.96. The van der Waals surface area contributed by atoms with E-state index in [9.17, 15) is 0 Å². The minimum absolute atomic E-state index is 0.463. The average molecular weight is 323 g/mol. The van der Waals surface area contributed by atoms with Crippen LogP contribution in [0.2, 0.25) is 0 Å². The first-order valence-electron chi connectivity index (χ1n) is 7.09. The molecule has 0 bridgehead atoms. The van der Waals surface area contributed by atoms with Gasteiger partial charge in [0.25, 0.3) is 0 Å². The van der Waals surface area contributed by atoms with Crippen LogP contribution in [0.15, 0.2) is 48.5 Å². The lowest BCUT2D eigenvalue weighted by atomic mass is 10.2. The summed E-state index contributed by atoms with van der Waals surface area (Å²) in [5, 5.41) is 12.4. The Balaban J connectivity index is 1.48. The third kappa shape index (κ3) is 2.78. The fourth-order valence-electron chi connectivity index (χ4n) is 2.30. The van der Waals surface area contributed by atoms with Crippen molar-refractivity contribution in [2.45, 2.75) is 6.61 Å². The van der Waals surface area contributed by atoms with Gasteiger partial charge in [0.2, 0.25) is 0 Å². The van der Waals surface area contributed by atoms with Crippen LogP contribution >= 0.6 is 11.3 Å². The second-order valence-electron chi connectivity index (χ2n) is 5.01. The molecule has 0 aliphatic carbocycles. The van der Waals surface area contributed by atoms with E-state index < -0.39 is 0 Å². The number of thiazole rings is 1. The standard InChI is InChI=1S/C16H13N5OS/c1-21-16(18-19-20-21)11-6-8-12(9-7-11)22-10-15-17-13-4-2-3-5-14(13)23-15/h2-9H,10H2,1H3. The number of rotatable bonds is 4. The van der Waals surface area contributed by atoms with Crippen LogP contribution in [0.25, 0.3) is 21.6 Å². The minimum atomic E-state index is 0.463. The topological polar surface area (TPSA) is 65.7 Å². The molecule has 0 unspecified atom stereocenters. The van der Waals surface area contributed by atoms with Crippen molar-refractivity contribution in [3.63, 3.8) is 0 Å². The van der Waals surface area contributed by atoms with Crippen molar-refractivity contribution in [1.29, 1.82) is 0 Å². The molecule has 0 spiro atoms. The number of hydrogen-bond donors (Lipinski definition) is 0. The summed E-state index contributed by atoms with van der Waals surface area (Å²) < 4.78 is 8.63. The number of para-hydroxylation sites is 1. The molecule has 0 atom stereocenters. The van der Waals surface area contributed by atoms with Gasteiger partial charge >= 0.3 is 0 Å². The number of nitrogens with zero attached hydrogens (tertiary/aromatic N) is 5. The van der Waals surface area contributed by atoms with Gasteiger partial charge < -0.3 is 4.74 Å². The Hall–Kier alpha value is -2.80. The van der Waals surface area contributed by atoms with Crippen LogP contribution in [-0.2, 0) is 13.7 Å². The van der Waals surface area contributed by atoms with Gasteiger partial charge in [-0.25, -0.2) is 9.67 Å². The molecule has 2 aromatic heterocycles. The summed E-state index contributed by atoms with van der Waals surface area (Å²) >= 11 is 1.65. The summed E-state index contributed by atoms with van der Waals surface area (Å²) in [5.74, 6) is 1.52. The fourth-order valence-corrected chi connectivity index (χ4v) is 3.18. The van der Waals surface area contributed by atoms with Gasteiger partial charge in [0.05, 0.1) is 10.2 Å². The SMILES string of the molecule is Cn1nnnc1-c1ccc(OCc2nc3ccccc3s2)cc1.